The second-order valence-corrected chi connectivity index (χ2v) is 10.7. The number of urea groups is 1. The van der Waals surface area contributed by atoms with Crippen LogP contribution in [0, 0.1) is 12.7 Å². The molecule has 2 N–H and O–H groups in total. The van der Waals surface area contributed by atoms with Crippen molar-refractivity contribution in [3.05, 3.63) is 58.5 Å². The van der Waals surface area contributed by atoms with E-state index in [2.05, 4.69) is 25.7 Å². The van der Waals surface area contributed by atoms with Gasteiger partial charge in [0.1, 0.15) is 12.1 Å². The minimum Gasteiger partial charge on any atom is -0.609 e. The van der Waals surface area contributed by atoms with Crippen molar-refractivity contribution in [1.29, 1.82) is 0 Å². The van der Waals surface area contributed by atoms with E-state index in [0.717, 1.165) is 0 Å². The number of carbonyl (C=O) groups excluding carboxylic acids is 1. The average Bonchev–Trinajstić information content (AvgIpc) is 3.27. The van der Waals surface area contributed by atoms with Crippen molar-refractivity contribution in [2.45, 2.75) is 38.4 Å². The first-order valence-corrected chi connectivity index (χ1v) is 12.5. The van der Waals surface area contributed by atoms with E-state index in [0.29, 0.717) is 27.8 Å². The molecule has 10 nitrogen and oxygen atoms in total. The minimum atomic E-state index is -1.41. The molecule has 188 valence electrons. The SMILES string of the molecule is Cc1cc(F)c(NC(=O)Nc2cnn(C(C)(C)C)c2)cc1-c1cc2cnc([S+](C)[O-])nc2n(C)c1=O. The van der Waals surface area contributed by atoms with Gasteiger partial charge in [0.2, 0.25) is 0 Å². The fraction of sp³-hybridized carbons (Fsp3) is 0.292. The molecular formula is C24H26FN7O3S. The number of pyridine rings is 1. The Hall–Kier alpha value is -3.77. The number of benzene rings is 1. The van der Waals surface area contributed by atoms with E-state index < -0.39 is 23.0 Å². The topological polar surface area (TPSA) is 130 Å². The fourth-order valence-corrected chi connectivity index (χ4v) is 4.08. The van der Waals surface area contributed by atoms with Crippen molar-refractivity contribution < 1.29 is 13.7 Å². The zero-order chi connectivity index (χ0) is 26.4. The average molecular weight is 512 g/mol. The van der Waals surface area contributed by atoms with Crippen LogP contribution in [0.15, 0.2) is 46.7 Å². The van der Waals surface area contributed by atoms with E-state index in [9.17, 15) is 18.5 Å². The molecule has 0 bridgehead atoms. The van der Waals surface area contributed by atoms with Gasteiger partial charge in [-0.3, -0.25) is 14.0 Å². The maximum absolute atomic E-state index is 14.8. The highest BCUT2D eigenvalue weighted by atomic mass is 32.2. The van der Waals surface area contributed by atoms with E-state index in [1.165, 1.54) is 35.3 Å². The standard InChI is InChI=1S/C24H26FN7O3S/c1-13-7-18(25)19(29-22(34)28-15-11-27-32(12-15)24(2,3)4)9-16(13)17-8-14-10-26-23(36(6)35)30-20(14)31(5)21(17)33/h7-12H,1-6H3,(H2,28,29,34). The molecule has 3 heterocycles. The van der Waals surface area contributed by atoms with Crippen LogP contribution in [0.4, 0.5) is 20.6 Å². The van der Waals surface area contributed by atoms with Crippen molar-refractivity contribution in [2.24, 2.45) is 7.05 Å². The quantitative estimate of drug-likeness (QED) is 0.317. The third-order valence-electron chi connectivity index (χ3n) is 5.56. The van der Waals surface area contributed by atoms with Gasteiger partial charge < -0.3 is 15.2 Å². The summed E-state index contributed by atoms with van der Waals surface area (Å²) in [6, 6.07) is 3.62. The zero-order valence-electron chi connectivity index (χ0n) is 20.7. The summed E-state index contributed by atoms with van der Waals surface area (Å²) in [7, 11) is 1.55. The van der Waals surface area contributed by atoms with Crippen LogP contribution < -0.4 is 16.2 Å². The Morgan fingerprint density at radius 2 is 1.86 bits per heavy atom. The smallest absolute Gasteiger partial charge is 0.344 e. The molecule has 0 spiro atoms. The van der Waals surface area contributed by atoms with Crippen LogP contribution in [0.5, 0.6) is 0 Å². The van der Waals surface area contributed by atoms with Gasteiger partial charge in [-0.1, -0.05) is 0 Å². The van der Waals surface area contributed by atoms with Crippen LogP contribution in [-0.4, -0.2) is 41.2 Å². The highest BCUT2D eigenvalue weighted by Crippen LogP contribution is 2.29. The van der Waals surface area contributed by atoms with Gasteiger partial charge in [0.25, 0.3) is 5.56 Å². The Morgan fingerprint density at radius 3 is 2.50 bits per heavy atom. The van der Waals surface area contributed by atoms with E-state index in [4.69, 9.17) is 0 Å². The third-order valence-corrected chi connectivity index (χ3v) is 6.27. The molecule has 0 aliphatic rings. The number of hydrogen-bond donors (Lipinski definition) is 2. The first kappa shape index (κ1) is 25.3. The van der Waals surface area contributed by atoms with Gasteiger partial charge in [-0.05, 0) is 57.0 Å². The van der Waals surface area contributed by atoms with Gasteiger partial charge in [-0.15, -0.1) is 0 Å². The van der Waals surface area contributed by atoms with Crippen molar-refractivity contribution in [2.75, 3.05) is 16.9 Å². The van der Waals surface area contributed by atoms with Crippen LogP contribution in [0.25, 0.3) is 22.2 Å². The number of rotatable bonds is 4. The van der Waals surface area contributed by atoms with Crippen molar-refractivity contribution in [3.8, 4) is 11.1 Å². The first-order chi connectivity index (χ1) is 16.8. The number of anilines is 2. The summed E-state index contributed by atoms with van der Waals surface area (Å²) in [4.78, 5) is 34.1. The van der Waals surface area contributed by atoms with E-state index in [1.54, 1.807) is 30.9 Å². The molecule has 1 aromatic carbocycles. The van der Waals surface area contributed by atoms with Gasteiger partial charge in [0.15, 0.2) is 5.65 Å². The molecular weight excluding hydrogens is 485 g/mol. The molecule has 1 unspecified atom stereocenters. The van der Waals surface area contributed by atoms with Crippen LogP contribution >= 0.6 is 0 Å². The normalized spacial score (nSPS) is 12.6. The largest absolute Gasteiger partial charge is 0.609 e. The number of amides is 2. The van der Waals surface area contributed by atoms with E-state index in [1.807, 2.05) is 20.8 Å². The van der Waals surface area contributed by atoms with E-state index in [-0.39, 0.29) is 27.5 Å². The highest BCUT2D eigenvalue weighted by molar-refractivity contribution is 7.90. The maximum atomic E-state index is 14.8. The van der Waals surface area contributed by atoms with Gasteiger partial charge in [0, 0.05) is 41.6 Å². The Balaban J connectivity index is 1.68. The number of carbonyl (C=O) groups is 1. The fourth-order valence-electron chi connectivity index (χ4n) is 3.66. The minimum absolute atomic E-state index is 0.0913. The van der Waals surface area contributed by atoms with Crippen LogP contribution in [0.2, 0.25) is 0 Å². The maximum Gasteiger partial charge on any atom is 0.344 e. The molecule has 4 rings (SSSR count). The number of aromatic nitrogens is 5. The van der Waals surface area contributed by atoms with Crippen molar-refractivity contribution >= 4 is 39.6 Å². The lowest BCUT2D eigenvalue weighted by atomic mass is 9.99. The van der Waals surface area contributed by atoms with Crippen LogP contribution in [-0.2, 0) is 23.8 Å². The molecule has 36 heavy (non-hydrogen) atoms. The lowest BCUT2D eigenvalue weighted by Gasteiger charge is -2.18. The Bertz CT molecular complexity index is 1540. The van der Waals surface area contributed by atoms with Gasteiger partial charge in [-0.2, -0.15) is 15.1 Å². The Morgan fingerprint density at radius 1 is 1.14 bits per heavy atom. The van der Waals surface area contributed by atoms with Gasteiger partial charge in [-0.25, -0.2) is 9.18 Å². The monoisotopic (exact) mass is 511 g/mol. The number of fused-ring (bicyclic) bond motifs is 1. The number of aryl methyl sites for hydroxylation is 2. The molecule has 4 aromatic rings. The summed E-state index contributed by atoms with van der Waals surface area (Å²) in [5.74, 6) is -0.646. The zero-order valence-corrected chi connectivity index (χ0v) is 21.5. The summed E-state index contributed by atoms with van der Waals surface area (Å²) < 4.78 is 29.6. The molecule has 0 saturated heterocycles. The summed E-state index contributed by atoms with van der Waals surface area (Å²) in [5, 5.41) is 10.0. The molecule has 0 fully saturated rings. The number of halogens is 1. The number of nitrogens with one attached hydrogen (secondary N) is 2. The second-order valence-electron chi connectivity index (χ2n) is 9.38. The van der Waals surface area contributed by atoms with Gasteiger partial charge >= 0.3 is 11.2 Å². The molecule has 12 heteroatoms. The molecule has 3 aromatic heterocycles. The third kappa shape index (κ3) is 4.95. The predicted octanol–water partition coefficient (Wildman–Crippen LogP) is 3.78. The van der Waals surface area contributed by atoms with E-state index >= 15 is 0 Å². The number of hydrogen-bond acceptors (Lipinski definition) is 6. The predicted molar refractivity (Wildman–Crippen MR) is 137 cm³/mol. The summed E-state index contributed by atoms with van der Waals surface area (Å²) >= 11 is -1.41. The molecule has 2 amide bonds. The Labute approximate surface area is 209 Å². The van der Waals surface area contributed by atoms with Crippen molar-refractivity contribution in [1.82, 2.24) is 24.3 Å². The first-order valence-electron chi connectivity index (χ1n) is 11.0. The lowest BCUT2D eigenvalue weighted by molar-refractivity contribution is 0.262. The van der Waals surface area contributed by atoms with Crippen molar-refractivity contribution in [3.63, 3.8) is 0 Å². The Kier molecular flexibility index (Phi) is 6.58. The lowest BCUT2D eigenvalue weighted by Crippen LogP contribution is -2.23. The molecule has 0 aliphatic heterocycles. The molecule has 0 aliphatic carbocycles. The van der Waals surface area contributed by atoms with Crippen LogP contribution in [0.3, 0.4) is 0 Å². The number of nitrogens with zero attached hydrogens (tertiary/aromatic N) is 5. The molecule has 1 atom stereocenters. The summed E-state index contributed by atoms with van der Waals surface area (Å²) in [5.41, 5.74) is 1.28. The second kappa shape index (κ2) is 9.36. The molecule has 0 saturated carbocycles. The summed E-state index contributed by atoms with van der Waals surface area (Å²) in [6.07, 6.45) is 6.13. The van der Waals surface area contributed by atoms with Crippen LogP contribution in [0.1, 0.15) is 26.3 Å². The summed E-state index contributed by atoms with van der Waals surface area (Å²) in [6.45, 7) is 7.59. The highest BCUT2D eigenvalue weighted by Gasteiger charge is 2.19. The van der Waals surface area contributed by atoms with Gasteiger partial charge in [0.05, 0.1) is 23.1 Å². The molecule has 0 radical (unpaired) electrons.